The maximum absolute atomic E-state index is 13.0. The van der Waals surface area contributed by atoms with Crippen LogP contribution in [0.1, 0.15) is 17.7 Å². The molecule has 1 aromatic heterocycles. The van der Waals surface area contributed by atoms with E-state index in [1.807, 2.05) is 29.2 Å². The SMILES string of the molecule is O=C(Nc1ccc2c(c1)OCO2)N(CCc1cccs1)C1CCOCC1. The minimum atomic E-state index is -0.0766. The highest BCUT2D eigenvalue weighted by Crippen LogP contribution is 2.34. The van der Waals surface area contributed by atoms with Crippen molar-refractivity contribution in [3.05, 3.63) is 40.6 Å². The molecule has 26 heavy (non-hydrogen) atoms. The maximum atomic E-state index is 13.0. The van der Waals surface area contributed by atoms with Crippen LogP contribution in [0, 0.1) is 0 Å². The fraction of sp³-hybridized carbons (Fsp3) is 0.421. The van der Waals surface area contributed by atoms with Crippen molar-refractivity contribution in [1.29, 1.82) is 0 Å². The fourth-order valence-corrected chi connectivity index (χ4v) is 4.00. The number of carbonyl (C=O) groups excluding carboxylic acids is 1. The third-order valence-electron chi connectivity index (χ3n) is 4.70. The van der Waals surface area contributed by atoms with Crippen molar-refractivity contribution < 1.29 is 19.0 Å². The number of rotatable bonds is 5. The second-order valence-electron chi connectivity index (χ2n) is 6.36. The molecule has 3 heterocycles. The zero-order valence-electron chi connectivity index (χ0n) is 14.5. The highest BCUT2D eigenvalue weighted by atomic mass is 32.1. The first kappa shape index (κ1) is 17.2. The number of nitrogens with one attached hydrogen (secondary N) is 1. The average Bonchev–Trinajstić information content (AvgIpc) is 3.34. The monoisotopic (exact) mass is 374 g/mol. The molecule has 1 fully saturated rings. The van der Waals surface area contributed by atoms with E-state index < -0.39 is 0 Å². The molecule has 4 rings (SSSR count). The number of ether oxygens (including phenoxy) is 3. The van der Waals surface area contributed by atoms with Gasteiger partial charge in [-0.05, 0) is 42.8 Å². The van der Waals surface area contributed by atoms with E-state index >= 15 is 0 Å². The molecule has 0 unspecified atom stereocenters. The van der Waals surface area contributed by atoms with Gasteiger partial charge < -0.3 is 24.4 Å². The van der Waals surface area contributed by atoms with Crippen LogP contribution in [-0.4, -0.2) is 43.5 Å². The Hall–Kier alpha value is -2.25. The molecule has 0 radical (unpaired) electrons. The first-order chi connectivity index (χ1) is 12.8. The molecule has 2 aromatic rings. The van der Waals surface area contributed by atoms with Gasteiger partial charge in [0.05, 0.1) is 0 Å². The van der Waals surface area contributed by atoms with E-state index in [1.165, 1.54) is 4.88 Å². The minimum absolute atomic E-state index is 0.0766. The summed E-state index contributed by atoms with van der Waals surface area (Å²) in [6.45, 7) is 2.33. The van der Waals surface area contributed by atoms with Gasteiger partial charge in [-0.1, -0.05) is 6.07 Å². The quantitative estimate of drug-likeness (QED) is 0.866. The second kappa shape index (κ2) is 7.97. The maximum Gasteiger partial charge on any atom is 0.322 e. The molecule has 2 amide bonds. The van der Waals surface area contributed by atoms with Crippen molar-refractivity contribution in [3.8, 4) is 11.5 Å². The Balaban J connectivity index is 1.45. The van der Waals surface area contributed by atoms with Gasteiger partial charge in [0.2, 0.25) is 6.79 Å². The minimum Gasteiger partial charge on any atom is -0.454 e. The molecule has 0 saturated carbocycles. The number of thiophene rings is 1. The average molecular weight is 374 g/mol. The van der Waals surface area contributed by atoms with Crippen LogP contribution in [0.4, 0.5) is 10.5 Å². The second-order valence-corrected chi connectivity index (χ2v) is 7.40. The lowest BCUT2D eigenvalue weighted by Gasteiger charge is -2.34. The van der Waals surface area contributed by atoms with Crippen LogP contribution >= 0.6 is 11.3 Å². The van der Waals surface area contributed by atoms with Crippen LogP contribution < -0.4 is 14.8 Å². The Labute approximate surface area is 156 Å². The van der Waals surface area contributed by atoms with Gasteiger partial charge in [-0.25, -0.2) is 4.79 Å². The zero-order valence-corrected chi connectivity index (χ0v) is 15.3. The molecule has 138 valence electrons. The predicted molar refractivity (Wildman–Crippen MR) is 100 cm³/mol. The smallest absolute Gasteiger partial charge is 0.322 e. The Kier molecular flexibility index (Phi) is 5.26. The molecule has 1 saturated heterocycles. The molecule has 1 N–H and O–H groups in total. The molecule has 0 aliphatic carbocycles. The summed E-state index contributed by atoms with van der Waals surface area (Å²) >= 11 is 1.73. The van der Waals surface area contributed by atoms with Crippen LogP contribution in [-0.2, 0) is 11.2 Å². The summed E-state index contributed by atoms with van der Waals surface area (Å²) in [6.07, 6.45) is 2.61. The number of hydrogen-bond donors (Lipinski definition) is 1. The standard InChI is InChI=1S/C19H22N2O4S/c22-19(20-14-3-4-17-18(12-14)25-13-24-17)21(15-6-9-23-10-7-15)8-5-16-2-1-11-26-16/h1-4,11-12,15H,5-10,13H2,(H,20,22). The summed E-state index contributed by atoms with van der Waals surface area (Å²) in [5, 5.41) is 5.08. The summed E-state index contributed by atoms with van der Waals surface area (Å²) in [5.74, 6) is 1.38. The van der Waals surface area contributed by atoms with Crippen LogP contribution in [0.2, 0.25) is 0 Å². The molecule has 2 aliphatic rings. The molecule has 2 aliphatic heterocycles. The van der Waals surface area contributed by atoms with E-state index in [1.54, 1.807) is 11.3 Å². The van der Waals surface area contributed by atoms with E-state index in [0.717, 1.165) is 19.3 Å². The van der Waals surface area contributed by atoms with Crippen molar-refractivity contribution in [2.45, 2.75) is 25.3 Å². The van der Waals surface area contributed by atoms with E-state index in [9.17, 15) is 4.79 Å². The lowest BCUT2D eigenvalue weighted by atomic mass is 10.1. The summed E-state index contributed by atoms with van der Waals surface area (Å²) in [4.78, 5) is 16.2. The number of nitrogens with zero attached hydrogens (tertiary/aromatic N) is 1. The number of benzene rings is 1. The number of fused-ring (bicyclic) bond motifs is 1. The number of anilines is 1. The summed E-state index contributed by atoms with van der Waals surface area (Å²) in [5.41, 5.74) is 0.715. The molecule has 0 spiro atoms. The van der Waals surface area contributed by atoms with E-state index in [-0.39, 0.29) is 18.9 Å². The predicted octanol–water partition coefficient (Wildman–Crippen LogP) is 3.73. The summed E-state index contributed by atoms with van der Waals surface area (Å²) in [7, 11) is 0. The fourth-order valence-electron chi connectivity index (χ4n) is 3.30. The van der Waals surface area contributed by atoms with E-state index in [0.29, 0.717) is 36.9 Å². The van der Waals surface area contributed by atoms with Gasteiger partial charge in [0.25, 0.3) is 0 Å². The highest BCUT2D eigenvalue weighted by Gasteiger charge is 2.26. The lowest BCUT2D eigenvalue weighted by molar-refractivity contribution is 0.0484. The van der Waals surface area contributed by atoms with Crippen LogP contribution in [0.15, 0.2) is 35.7 Å². The molecule has 0 atom stereocenters. The van der Waals surface area contributed by atoms with E-state index in [4.69, 9.17) is 14.2 Å². The van der Waals surface area contributed by atoms with Crippen LogP contribution in [0.3, 0.4) is 0 Å². The Morgan fingerprint density at radius 2 is 2.04 bits per heavy atom. The van der Waals surface area contributed by atoms with Crippen molar-refractivity contribution in [2.75, 3.05) is 31.9 Å². The lowest BCUT2D eigenvalue weighted by Crippen LogP contribution is -2.46. The molecule has 1 aromatic carbocycles. The zero-order chi connectivity index (χ0) is 17.8. The van der Waals surface area contributed by atoms with Crippen molar-refractivity contribution in [3.63, 3.8) is 0 Å². The third kappa shape index (κ3) is 3.94. The Morgan fingerprint density at radius 1 is 1.19 bits per heavy atom. The number of hydrogen-bond acceptors (Lipinski definition) is 5. The van der Waals surface area contributed by atoms with Gasteiger partial charge in [0, 0.05) is 42.4 Å². The number of carbonyl (C=O) groups is 1. The molecule has 7 heteroatoms. The molecular weight excluding hydrogens is 352 g/mol. The largest absolute Gasteiger partial charge is 0.454 e. The van der Waals surface area contributed by atoms with Crippen LogP contribution in [0.5, 0.6) is 11.5 Å². The molecule has 0 bridgehead atoms. The number of urea groups is 1. The third-order valence-corrected chi connectivity index (χ3v) is 5.63. The van der Waals surface area contributed by atoms with Gasteiger partial charge in [-0.3, -0.25) is 0 Å². The van der Waals surface area contributed by atoms with Crippen molar-refractivity contribution in [2.24, 2.45) is 0 Å². The normalized spacial score (nSPS) is 16.5. The van der Waals surface area contributed by atoms with Gasteiger partial charge in [-0.15, -0.1) is 11.3 Å². The summed E-state index contributed by atoms with van der Waals surface area (Å²) < 4.78 is 16.2. The van der Waals surface area contributed by atoms with Gasteiger partial charge in [-0.2, -0.15) is 0 Å². The highest BCUT2D eigenvalue weighted by molar-refractivity contribution is 7.09. The Morgan fingerprint density at radius 3 is 2.85 bits per heavy atom. The van der Waals surface area contributed by atoms with Crippen molar-refractivity contribution >= 4 is 23.1 Å². The molecule has 6 nitrogen and oxygen atoms in total. The first-order valence-electron chi connectivity index (χ1n) is 8.87. The summed E-state index contributed by atoms with van der Waals surface area (Å²) in [6, 6.07) is 9.76. The van der Waals surface area contributed by atoms with Gasteiger partial charge in [0.1, 0.15) is 0 Å². The van der Waals surface area contributed by atoms with E-state index in [2.05, 4.69) is 16.8 Å². The Bertz CT molecular complexity index is 744. The van der Waals surface area contributed by atoms with Crippen molar-refractivity contribution in [1.82, 2.24) is 4.90 Å². The van der Waals surface area contributed by atoms with Gasteiger partial charge in [0.15, 0.2) is 11.5 Å². The number of amides is 2. The van der Waals surface area contributed by atoms with Gasteiger partial charge >= 0.3 is 6.03 Å². The topological polar surface area (TPSA) is 60.0 Å². The molecular formula is C19H22N2O4S. The van der Waals surface area contributed by atoms with Crippen LogP contribution in [0.25, 0.3) is 0 Å². The first-order valence-corrected chi connectivity index (χ1v) is 9.75.